The highest BCUT2D eigenvalue weighted by molar-refractivity contribution is 7.15. The normalized spacial score (nSPS) is 12.8. The molecule has 1 aromatic heterocycles. The van der Waals surface area contributed by atoms with E-state index in [0.29, 0.717) is 9.34 Å². The molecule has 0 aliphatic carbocycles. The molecule has 0 saturated heterocycles. The van der Waals surface area contributed by atoms with Crippen molar-refractivity contribution in [1.82, 2.24) is 4.98 Å². The van der Waals surface area contributed by atoms with Crippen molar-refractivity contribution in [3.8, 4) is 0 Å². The Kier molecular flexibility index (Phi) is 3.02. The predicted octanol–water partition coefficient (Wildman–Crippen LogP) is 1.27. The number of carboxylic acids is 1. The maximum Gasteiger partial charge on any atom is 0.305 e. The van der Waals surface area contributed by atoms with Gasteiger partial charge in [0, 0.05) is 0 Å². The Balaban J connectivity index is 2.64. The molecular weight excluding hydrogens is 200 g/mol. The Hall–Kier alpha value is -0.650. The molecule has 0 saturated carbocycles. The third-order valence-electron chi connectivity index (χ3n) is 1.21. The fourth-order valence-electron chi connectivity index (χ4n) is 0.714. The molecule has 4 nitrogen and oxygen atoms in total. The third kappa shape index (κ3) is 2.44. The number of thiazole rings is 1. The summed E-state index contributed by atoms with van der Waals surface area (Å²) in [7, 11) is 0. The van der Waals surface area contributed by atoms with Crippen molar-refractivity contribution >= 4 is 28.9 Å². The number of carboxylic acid groups (broad SMARTS) is 1. The molecule has 1 atom stereocenters. The maximum absolute atomic E-state index is 10.3. The molecule has 0 fully saturated rings. The molecule has 0 radical (unpaired) electrons. The Morgan fingerprint density at radius 3 is 3.00 bits per heavy atom. The van der Waals surface area contributed by atoms with Crippen LogP contribution in [0.15, 0.2) is 6.20 Å². The number of rotatable bonds is 3. The lowest BCUT2D eigenvalue weighted by atomic mass is 10.2. The van der Waals surface area contributed by atoms with E-state index in [1.807, 2.05) is 0 Å². The van der Waals surface area contributed by atoms with Gasteiger partial charge in [0.05, 0.1) is 18.7 Å². The van der Waals surface area contributed by atoms with E-state index in [1.165, 1.54) is 17.5 Å². The van der Waals surface area contributed by atoms with Crippen LogP contribution in [0.3, 0.4) is 0 Å². The minimum atomic E-state index is -0.936. The second kappa shape index (κ2) is 3.84. The first kappa shape index (κ1) is 9.44. The zero-order chi connectivity index (χ0) is 9.14. The van der Waals surface area contributed by atoms with E-state index in [0.717, 1.165) is 0 Å². The number of nitrogens with two attached hydrogens (primary N) is 1. The number of hydrogen-bond acceptors (Lipinski definition) is 4. The molecule has 3 N–H and O–H groups in total. The third-order valence-corrected chi connectivity index (χ3v) is 2.45. The van der Waals surface area contributed by atoms with Gasteiger partial charge >= 0.3 is 5.97 Å². The minimum absolute atomic E-state index is 0.121. The second-order valence-electron chi connectivity index (χ2n) is 2.21. The average Bonchev–Trinajstić information content (AvgIpc) is 2.34. The Morgan fingerprint density at radius 2 is 2.58 bits per heavy atom. The van der Waals surface area contributed by atoms with Crippen LogP contribution < -0.4 is 5.73 Å². The summed E-state index contributed by atoms with van der Waals surface area (Å²) >= 11 is 6.80. The molecule has 12 heavy (non-hydrogen) atoms. The van der Waals surface area contributed by atoms with Crippen molar-refractivity contribution in [2.45, 2.75) is 12.5 Å². The van der Waals surface area contributed by atoms with Gasteiger partial charge in [-0.3, -0.25) is 4.79 Å². The molecule has 0 aliphatic rings. The van der Waals surface area contributed by atoms with Gasteiger partial charge < -0.3 is 10.8 Å². The van der Waals surface area contributed by atoms with Gasteiger partial charge in [-0.2, -0.15) is 0 Å². The molecule has 0 aliphatic heterocycles. The Bertz CT molecular complexity index is 289. The van der Waals surface area contributed by atoms with Gasteiger partial charge in [0.2, 0.25) is 0 Å². The molecule has 0 amide bonds. The van der Waals surface area contributed by atoms with Crippen molar-refractivity contribution < 1.29 is 9.90 Å². The standard InChI is InChI=1S/C6H7ClN2O2S/c7-4-2-9-6(12-4)3(8)1-5(10)11/h2-3H,1,8H2,(H,10,11)/t3-/m0/s1. The van der Waals surface area contributed by atoms with E-state index in [2.05, 4.69) is 4.98 Å². The summed E-state index contributed by atoms with van der Waals surface area (Å²) in [5, 5.41) is 8.97. The van der Waals surface area contributed by atoms with Gasteiger partial charge in [0.15, 0.2) is 0 Å². The van der Waals surface area contributed by atoms with Crippen LogP contribution in [0.25, 0.3) is 0 Å². The molecule has 66 valence electrons. The maximum atomic E-state index is 10.3. The zero-order valence-corrected chi connectivity index (χ0v) is 7.60. The van der Waals surface area contributed by atoms with Crippen molar-refractivity contribution in [3.05, 3.63) is 15.5 Å². The average molecular weight is 207 g/mol. The van der Waals surface area contributed by atoms with Crippen LogP contribution in [-0.2, 0) is 4.79 Å². The van der Waals surface area contributed by atoms with Crippen LogP contribution in [0.5, 0.6) is 0 Å². The van der Waals surface area contributed by atoms with E-state index in [9.17, 15) is 4.79 Å². The van der Waals surface area contributed by atoms with E-state index < -0.39 is 12.0 Å². The highest BCUT2D eigenvalue weighted by atomic mass is 35.5. The van der Waals surface area contributed by atoms with E-state index in [4.69, 9.17) is 22.4 Å². The number of aliphatic carboxylic acids is 1. The first-order valence-corrected chi connectivity index (χ1v) is 4.37. The quantitative estimate of drug-likeness (QED) is 0.781. The topological polar surface area (TPSA) is 76.2 Å². The lowest BCUT2D eigenvalue weighted by Crippen LogP contribution is -2.14. The van der Waals surface area contributed by atoms with E-state index in [-0.39, 0.29) is 6.42 Å². The largest absolute Gasteiger partial charge is 0.481 e. The summed E-state index contributed by atoms with van der Waals surface area (Å²) in [6.07, 6.45) is 1.34. The lowest BCUT2D eigenvalue weighted by Gasteiger charge is -2.02. The smallest absolute Gasteiger partial charge is 0.305 e. The first-order valence-electron chi connectivity index (χ1n) is 3.18. The van der Waals surface area contributed by atoms with Crippen LogP contribution in [-0.4, -0.2) is 16.1 Å². The van der Waals surface area contributed by atoms with Crippen molar-refractivity contribution in [3.63, 3.8) is 0 Å². The Morgan fingerprint density at radius 1 is 1.92 bits per heavy atom. The zero-order valence-electron chi connectivity index (χ0n) is 6.03. The summed E-state index contributed by atoms with van der Waals surface area (Å²) in [6, 6.07) is -0.556. The molecule has 0 spiro atoms. The number of hydrogen-bond donors (Lipinski definition) is 2. The fraction of sp³-hybridized carbons (Fsp3) is 0.333. The second-order valence-corrected chi connectivity index (χ2v) is 3.90. The highest BCUT2D eigenvalue weighted by Crippen LogP contribution is 2.23. The van der Waals surface area contributed by atoms with Gasteiger partial charge in [0.1, 0.15) is 9.34 Å². The molecule has 1 rings (SSSR count). The molecule has 1 aromatic rings. The number of nitrogens with zero attached hydrogens (tertiary/aromatic N) is 1. The fourth-order valence-corrected chi connectivity index (χ4v) is 1.65. The molecule has 0 bridgehead atoms. The SMILES string of the molecule is N[C@@H](CC(=O)O)c1ncc(Cl)s1. The van der Waals surface area contributed by atoms with Gasteiger partial charge in [-0.15, -0.1) is 11.3 Å². The van der Waals surface area contributed by atoms with Crippen LogP contribution in [0, 0.1) is 0 Å². The number of aromatic nitrogens is 1. The van der Waals surface area contributed by atoms with Crippen LogP contribution in [0.4, 0.5) is 0 Å². The first-order chi connectivity index (χ1) is 5.59. The van der Waals surface area contributed by atoms with Gasteiger partial charge in [0.25, 0.3) is 0 Å². The van der Waals surface area contributed by atoms with Crippen LogP contribution in [0.2, 0.25) is 4.34 Å². The van der Waals surface area contributed by atoms with E-state index >= 15 is 0 Å². The highest BCUT2D eigenvalue weighted by Gasteiger charge is 2.13. The van der Waals surface area contributed by atoms with Gasteiger partial charge in [-0.25, -0.2) is 4.98 Å². The minimum Gasteiger partial charge on any atom is -0.481 e. The Labute approximate surface area is 78.0 Å². The monoisotopic (exact) mass is 206 g/mol. The number of carbonyl (C=O) groups is 1. The summed E-state index contributed by atoms with van der Waals surface area (Å²) < 4.78 is 0.519. The van der Waals surface area contributed by atoms with Gasteiger partial charge in [-0.1, -0.05) is 11.6 Å². The van der Waals surface area contributed by atoms with Crippen LogP contribution >= 0.6 is 22.9 Å². The summed E-state index contributed by atoms with van der Waals surface area (Å²) in [6.45, 7) is 0. The van der Waals surface area contributed by atoms with Crippen LogP contribution in [0.1, 0.15) is 17.5 Å². The van der Waals surface area contributed by atoms with E-state index in [1.54, 1.807) is 0 Å². The molecule has 0 aromatic carbocycles. The lowest BCUT2D eigenvalue weighted by molar-refractivity contribution is -0.137. The molecule has 0 unspecified atom stereocenters. The summed E-state index contributed by atoms with van der Waals surface area (Å²) in [4.78, 5) is 14.1. The molecular formula is C6H7ClN2O2S. The van der Waals surface area contributed by atoms with Gasteiger partial charge in [-0.05, 0) is 0 Å². The van der Waals surface area contributed by atoms with Crippen molar-refractivity contribution in [1.29, 1.82) is 0 Å². The van der Waals surface area contributed by atoms with Crippen molar-refractivity contribution in [2.24, 2.45) is 5.73 Å². The molecule has 6 heteroatoms. The molecule has 1 heterocycles. The predicted molar refractivity (Wildman–Crippen MR) is 46.3 cm³/mol. The number of halogens is 1. The summed E-state index contributed by atoms with van der Waals surface area (Å²) in [5.41, 5.74) is 5.52. The van der Waals surface area contributed by atoms with Crippen molar-refractivity contribution in [2.75, 3.05) is 0 Å². The summed E-state index contributed by atoms with van der Waals surface area (Å²) in [5.74, 6) is -0.936.